The molecule has 0 aromatic carbocycles. The van der Waals surface area contributed by atoms with Crippen LogP contribution in [0.3, 0.4) is 0 Å². The monoisotopic (exact) mass is 204 g/mol. The lowest BCUT2D eigenvalue weighted by atomic mass is 10.5. The minimum Gasteiger partial charge on any atom is -0.480 e. The molecule has 7 heteroatoms. The summed E-state index contributed by atoms with van der Waals surface area (Å²) in [5.74, 6) is -2.51. The van der Waals surface area contributed by atoms with Crippen molar-refractivity contribution in [2.45, 2.75) is 0 Å². The van der Waals surface area contributed by atoms with E-state index in [1.54, 1.807) is 0 Å². The third-order valence-corrected chi connectivity index (χ3v) is 0.797. The summed E-state index contributed by atoms with van der Waals surface area (Å²) >= 11 is 0. The Morgan fingerprint density at radius 2 is 1.79 bits per heavy atom. The fourth-order valence-corrected chi connectivity index (χ4v) is 0.246. The molecule has 7 nitrogen and oxygen atoms in total. The second kappa shape index (κ2) is 9.20. The van der Waals surface area contributed by atoms with Crippen LogP contribution in [0.15, 0.2) is 12.7 Å². The van der Waals surface area contributed by atoms with Crippen molar-refractivity contribution in [1.29, 1.82) is 0 Å². The van der Waals surface area contributed by atoms with Crippen LogP contribution in [0.1, 0.15) is 0 Å². The Bertz CT molecular complexity index is 226. The van der Waals surface area contributed by atoms with Gasteiger partial charge in [-0.2, -0.15) is 0 Å². The molecule has 0 unspecified atom stereocenters. The quantitative estimate of drug-likeness (QED) is 0.408. The van der Waals surface area contributed by atoms with Crippen molar-refractivity contribution in [3.8, 4) is 0 Å². The van der Waals surface area contributed by atoms with Crippen LogP contribution >= 0.6 is 0 Å². The zero-order valence-corrected chi connectivity index (χ0v) is 7.40. The molecule has 0 aliphatic heterocycles. The fourth-order valence-electron chi connectivity index (χ4n) is 0.246. The Morgan fingerprint density at radius 3 is 2.00 bits per heavy atom. The lowest BCUT2D eigenvalue weighted by Crippen LogP contribution is -2.34. The summed E-state index contributed by atoms with van der Waals surface area (Å²) in [4.78, 5) is 29.2. The molecule has 1 amide bonds. The highest BCUT2D eigenvalue weighted by Crippen LogP contribution is 1.60. The van der Waals surface area contributed by atoms with E-state index in [1.807, 2.05) is 0 Å². The number of nitrogens with two attached hydrogens (primary N) is 1. The first-order valence-corrected chi connectivity index (χ1v) is 3.48. The number of nitrogens with one attached hydrogen (secondary N) is 1. The van der Waals surface area contributed by atoms with Gasteiger partial charge in [0.25, 0.3) is 0 Å². The Hall–Kier alpha value is -1.89. The van der Waals surface area contributed by atoms with Crippen LogP contribution in [0.25, 0.3) is 0 Å². The van der Waals surface area contributed by atoms with E-state index >= 15 is 0 Å². The van der Waals surface area contributed by atoms with E-state index in [2.05, 4.69) is 11.9 Å². The molecule has 0 atom stereocenters. The second-order valence-corrected chi connectivity index (χ2v) is 1.92. The predicted molar refractivity (Wildman–Crippen MR) is 47.5 cm³/mol. The first-order chi connectivity index (χ1) is 6.43. The van der Waals surface area contributed by atoms with Crippen molar-refractivity contribution in [1.82, 2.24) is 5.32 Å². The molecule has 0 aromatic heterocycles. The number of hydrogen-bond acceptors (Lipinski definition) is 4. The normalized spacial score (nSPS) is 7.79. The number of carbonyl (C=O) groups excluding carboxylic acids is 1. The van der Waals surface area contributed by atoms with Crippen LogP contribution in [-0.4, -0.2) is 41.1 Å². The number of carbonyl (C=O) groups is 3. The fraction of sp³-hybridized carbons (Fsp3) is 0.286. The summed E-state index contributed by atoms with van der Waals surface area (Å²) in [6.45, 7) is 2.42. The molecule has 0 saturated carbocycles. The molecule has 0 heterocycles. The number of amides is 1. The number of aliphatic carboxylic acids is 2. The molecule has 0 fully saturated rings. The van der Waals surface area contributed by atoms with Gasteiger partial charge in [0.1, 0.15) is 6.54 Å². The maximum Gasteiger partial charge on any atom is 0.327 e. The number of rotatable bonds is 4. The highest BCUT2D eigenvalue weighted by molar-refractivity contribution is 5.82. The van der Waals surface area contributed by atoms with Gasteiger partial charge >= 0.3 is 11.9 Å². The van der Waals surface area contributed by atoms with Crippen molar-refractivity contribution in [2.24, 2.45) is 5.73 Å². The molecule has 0 saturated heterocycles. The Balaban J connectivity index is 0. The average molecular weight is 204 g/mol. The molecule has 0 aliphatic rings. The van der Waals surface area contributed by atoms with Crippen LogP contribution in [0.4, 0.5) is 0 Å². The van der Waals surface area contributed by atoms with Gasteiger partial charge in [0.2, 0.25) is 5.91 Å². The van der Waals surface area contributed by atoms with Crippen molar-refractivity contribution in [3.05, 3.63) is 12.7 Å². The predicted octanol–water partition coefficient (Wildman–Crippen LogP) is -1.60. The van der Waals surface area contributed by atoms with Gasteiger partial charge in [-0.25, -0.2) is 4.79 Å². The van der Waals surface area contributed by atoms with Crippen molar-refractivity contribution >= 4 is 17.8 Å². The first kappa shape index (κ1) is 14.6. The number of hydrogen-bond donors (Lipinski definition) is 4. The van der Waals surface area contributed by atoms with Gasteiger partial charge in [-0.15, -0.1) is 0 Å². The van der Waals surface area contributed by atoms with E-state index in [1.165, 1.54) is 0 Å². The van der Waals surface area contributed by atoms with Gasteiger partial charge in [0, 0.05) is 6.08 Å². The Labute approximate surface area is 80.2 Å². The Kier molecular flexibility index (Phi) is 9.61. The lowest BCUT2D eigenvalue weighted by molar-refractivity contribution is -0.137. The minimum atomic E-state index is -1.07. The lowest BCUT2D eigenvalue weighted by Gasteiger charge is -1.95. The standard InChI is InChI=1S/C4H8N2O3.C3H4O2/c5-1-3(7)6-2-4(8)9;1-2-3(4)5/h1-2,5H2,(H,6,7)(H,8,9);2H,1H2,(H,4,5). The van der Waals surface area contributed by atoms with Gasteiger partial charge in [0.15, 0.2) is 0 Å². The molecule has 0 aliphatic carbocycles. The van der Waals surface area contributed by atoms with E-state index in [-0.39, 0.29) is 13.1 Å². The topological polar surface area (TPSA) is 130 Å². The first-order valence-electron chi connectivity index (χ1n) is 3.48. The Morgan fingerprint density at radius 1 is 1.36 bits per heavy atom. The van der Waals surface area contributed by atoms with Crippen LogP contribution in [0.5, 0.6) is 0 Å². The molecule has 0 spiro atoms. The zero-order valence-electron chi connectivity index (χ0n) is 7.40. The highest BCUT2D eigenvalue weighted by Gasteiger charge is 1.98. The van der Waals surface area contributed by atoms with Crippen molar-refractivity contribution in [2.75, 3.05) is 13.1 Å². The number of carboxylic acid groups (broad SMARTS) is 2. The average Bonchev–Trinajstić information content (AvgIpc) is 2.14. The molecule has 5 N–H and O–H groups in total. The summed E-state index contributed by atoms with van der Waals surface area (Å²) in [5, 5.41) is 17.7. The second-order valence-electron chi connectivity index (χ2n) is 1.92. The summed E-state index contributed by atoms with van der Waals surface area (Å²) in [7, 11) is 0. The van der Waals surface area contributed by atoms with Crippen molar-refractivity contribution < 1.29 is 24.6 Å². The van der Waals surface area contributed by atoms with Crippen LogP contribution in [0, 0.1) is 0 Å². The molecule has 0 rings (SSSR count). The summed E-state index contributed by atoms with van der Waals surface area (Å²) in [6, 6.07) is 0. The van der Waals surface area contributed by atoms with E-state index < -0.39 is 17.8 Å². The molecule has 0 bridgehead atoms. The molecule has 14 heavy (non-hydrogen) atoms. The smallest absolute Gasteiger partial charge is 0.327 e. The van der Waals surface area contributed by atoms with Gasteiger partial charge in [-0.3, -0.25) is 9.59 Å². The number of carboxylic acids is 2. The maximum atomic E-state index is 10.2. The summed E-state index contributed by atoms with van der Waals surface area (Å²) < 4.78 is 0. The SMILES string of the molecule is C=CC(=O)O.NCC(=O)NCC(=O)O. The van der Waals surface area contributed by atoms with Gasteiger partial charge in [-0.05, 0) is 0 Å². The largest absolute Gasteiger partial charge is 0.480 e. The third kappa shape index (κ3) is 16.6. The van der Waals surface area contributed by atoms with Crippen LogP contribution < -0.4 is 11.1 Å². The molecule has 80 valence electrons. The third-order valence-electron chi connectivity index (χ3n) is 0.797. The highest BCUT2D eigenvalue weighted by atomic mass is 16.4. The van der Waals surface area contributed by atoms with Gasteiger partial charge in [-0.1, -0.05) is 6.58 Å². The molecule has 0 aromatic rings. The van der Waals surface area contributed by atoms with E-state index in [0.717, 1.165) is 6.08 Å². The molecular weight excluding hydrogens is 192 g/mol. The maximum absolute atomic E-state index is 10.2. The molecular formula is C7H12N2O5. The van der Waals surface area contributed by atoms with Crippen molar-refractivity contribution in [3.63, 3.8) is 0 Å². The minimum absolute atomic E-state index is 0.173. The van der Waals surface area contributed by atoms with Crippen LogP contribution in [-0.2, 0) is 14.4 Å². The van der Waals surface area contributed by atoms with E-state index in [0.29, 0.717) is 0 Å². The zero-order chi connectivity index (χ0) is 11.6. The van der Waals surface area contributed by atoms with E-state index in [9.17, 15) is 14.4 Å². The van der Waals surface area contributed by atoms with Crippen LogP contribution in [0.2, 0.25) is 0 Å². The van der Waals surface area contributed by atoms with E-state index in [4.69, 9.17) is 15.9 Å². The van der Waals surface area contributed by atoms with Gasteiger partial charge < -0.3 is 21.3 Å². The molecule has 0 radical (unpaired) electrons. The summed E-state index contributed by atoms with van der Waals surface area (Å²) in [6.07, 6.45) is 0.833. The summed E-state index contributed by atoms with van der Waals surface area (Å²) in [5.41, 5.74) is 4.85. The van der Waals surface area contributed by atoms with Gasteiger partial charge in [0.05, 0.1) is 6.54 Å².